The molecule has 0 saturated heterocycles. The first kappa shape index (κ1) is 25.6. The molecular weight excluding hydrogens is 455 g/mol. The molecule has 1 unspecified atom stereocenters. The monoisotopic (exact) mass is 490 g/mol. The van der Waals surface area contributed by atoms with Crippen LogP contribution in [0.4, 0.5) is 0 Å². The van der Waals surface area contributed by atoms with Gasteiger partial charge in [-0.15, -0.1) is 24.0 Å². The second kappa shape index (κ2) is 14.7. The summed E-state index contributed by atoms with van der Waals surface area (Å²) in [6, 6.07) is 7.68. The number of halogens is 1. The van der Waals surface area contributed by atoms with Gasteiger partial charge in [0.1, 0.15) is 0 Å². The van der Waals surface area contributed by atoms with E-state index < -0.39 is 0 Å². The van der Waals surface area contributed by atoms with Crippen molar-refractivity contribution >= 4 is 35.8 Å². The number of nitrogens with one attached hydrogen (secondary N) is 3. The summed E-state index contributed by atoms with van der Waals surface area (Å²) in [6.45, 7) is 8.69. The highest BCUT2D eigenvalue weighted by molar-refractivity contribution is 14.0. The van der Waals surface area contributed by atoms with E-state index in [4.69, 9.17) is 4.74 Å². The maximum Gasteiger partial charge on any atom is 0.251 e. The van der Waals surface area contributed by atoms with Crippen LogP contribution in [-0.4, -0.2) is 51.8 Å². The van der Waals surface area contributed by atoms with Crippen molar-refractivity contribution in [3.05, 3.63) is 35.4 Å². The molecule has 0 heterocycles. The third-order valence-corrected chi connectivity index (χ3v) is 4.19. The first-order valence-electron chi connectivity index (χ1n) is 9.38. The Morgan fingerprint density at radius 3 is 2.52 bits per heavy atom. The van der Waals surface area contributed by atoms with Gasteiger partial charge in [-0.2, -0.15) is 0 Å². The lowest BCUT2D eigenvalue weighted by atomic mass is 10.0. The fourth-order valence-electron chi connectivity index (χ4n) is 2.71. The van der Waals surface area contributed by atoms with Crippen LogP contribution in [0.3, 0.4) is 0 Å². The van der Waals surface area contributed by atoms with Crippen LogP contribution >= 0.6 is 24.0 Å². The maximum absolute atomic E-state index is 11.7. The van der Waals surface area contributed by atoms with Crippen molar-refractivity contribution in [2.75, 3.05) is 33.8 Å². The zero-order valence-electron chi connectivity index (χ0n) is 17.2. The Morgan fingerprint density at radius 1 is 1.22 bits per heavy atom. The number of hydrogen-bond donors (Lipinski definition) is 3. The second-order valence-corrected chi connectivity index (χ2v) is 6.48. The Morgan fingerprint density at radius 2 is 1.93 bits per heavy atom. The lowest BCUT2D eigenvalue weighted by Crippen LogP contribution is -2.40. The summed E-state index contributed by atoms with van der Waals surface area (Å²) in [4.78, 5) is 16.0. The van der Waals surface area contributed by atoms with Crippen molar-refractivity contribution in [1.29, 1.82) is 0 Å². The molecule has 0 spiro atoms. The fraction of sp³-hybridized carbons (Fsp3) is 0.600. The van der Waals surface area contributed by atoms with Gasteiger partial charge in [0.05, 0.1) is 6.10 Å². The highest BCUT2D eigenvalue weighted by Crippen LogP contribution is 2.10. The molecule has 0 aliphatic carbocycles. The van der Waals surface area contributed by atoms with E-state index in [1.807, 2.05) is 31.2 Å². The van der Waals surface area contributed by atoms with E-state index in [0.29, 0.717) is 11.5 Å². The number of carbonyl (C=O) groups excluding carboxylic acids is 1. The number of benzene rings is 1. The Bertz CT molecular complexity index is 579. The molecule has 1 aromatic carbocycles. The van der Waals surface area contributed by atoms with Crippen LogP contribution in [-0.2, 0) is 11.2 Å². The average Bonchev–Trinajstić information content (AvgIpc) is 2.65. The number of aliphatic imine (C=N–C) groups is 1. The van der Waals surface area contributed by atoms with Gasteiger partial charge in [-0.3, -0.25) is 9.79 Å². The molecule has 7 heteroatoms. The molecule has 1 rings (SSSR count). The molecule has 0 saturated carbocycles. The molecule has 6 nitrogen and oxygen atoms in total. The van der Waals surface area contributed by atoms with Gasteiger partial charge in [0.25, 0.3) is 5.91 Å². The highest BCUT2D eigenvalue weighted by Gasteiger charge is 2.13. The molecule has 0 radical (unpaired) electrons. The largest absolute Gasteiger partial charge is 0.378 e. The lowest BCUT2D eigenvalue weighted by molar-refractivity contribution is 0.0258. The maximum atomic E-state index is 11.7. The Balaban J connectivity index is 0.00000676. The van der Waals surface area contributed by atoms with Crippen LogP contribution in [0, 0.1) is 5.92 Å². The summed E-state index contributed by atoms with van der Waals surface area (Å²) < 4.78 is 5.76. The quantitative estimate of drug-likeness (QED) is 0.268. The molecule has 3 N–H and O–H groups in total. The minimum absolute atomic E-state index is 0. The van der Waals surface area contributed by atoms with Gasteiger partial charge in [0, 0.05) is 39.4 Å². The molecule has 1 atom stereocenters. The predicted octanol–water partition coefficient (Wildman–Crippen LogP) is 2.82. The molecule has 154 valence electrons. The summed E-state index contributed by atoms with van der Waals surface area (Å²) in [5.74, 6) is 1.22. The van der Waals surface area contributed by atoms with Gasteiger partial charge < -0.3 is 20.7 Å². The van der Waals surface area contributed by atoms with Crippen molar-refractivity contribution in [2.45, 2.75) is 39.7 Å². The number of ether oxygens (including phenoxy) is 1. The number of nitrogens with zero attached hydrogens (tertiary/aromatic N) is 1. The lowest BCUT2D eigenvalue weighted by Gasteiger charge is -2.21. The van der Waals surface area contributed by atoms with Crippen LogP contribution < -0.4 is 16.0 Å². The molecule has 0 aromatic heterocycles. The molecule has 1 amide bonds. The average molecular weight is 490 g/mol. The number of rotatable bonds is 10. The first-order valence-corrected chi connectivity index (χ1v) is 9.38. The first-order chi connectivity index (χ1) is 12.5. The normalized spacial score (nSPS) is 12.3. The summed E-state index contributed by atoms with van der Waals surface area (Å²) in [5, 5.41) is 9.29. The van der Waals surface area contributed by atoms with E-state index >= 15 is 0 Å². The summed E-state index contributed by atoms with van der Waals surface area (Å²) >= 11 is 0. The topological polar surface area (TPSA) is 74.8 Å². The Hall–Kier alpha value is -1.35. The van der Waals surface area contributed by atoms with Crippen LogP contribution in [0.1, 0.15) is 43.1 Å². The van der Waals surface area contributed by atoms with Crippen molar-refractivity contribution in [2.24, 2.45) is 10.9 Å². The second-order valence-electron chi connectivity index (χ2n) is 6.48. The molecule has 0 bridgehead atoms. The van der Waals surface area contributed by atoms with Crippen molar-refractivity contribution in [1.82, 2.24) is 16.0 Å². The Kier molecular flexibility index (Phi) is 13.9. The minimum Gasteiger partial charge on any atom is -0.378 e. The zero-order chi connectivity index (χ0) is 19.4. The van der Waals surface area contributed by atoms with Crippen LogP contribution in [0.25, 0.3) is 0 Å². The summed E-state index contributed by atoms with van der Waals surface area (Å²) in [7, 11) is 3.41. The van der Waals surface area contributed by atoms with E-state index in [9.17, 15) is 4.79 Å². The smallest absolute Gasteiger partial charge is 0.251 e. The molecule has 0 fully saturated rings. The van der Waals surface area contributed by atoms with Gasteiger partial charge >= 0.3 is 0 Å². The Labute approximate surface area is 181 Å². The van der Waals surface area contributed by atoms with Gasteiger partial charge in [-0.05, 0) is 43.4 Å². The van der Waals surface area contributed by atoms with E-state index in [1.54, 1.807) is 14.1 Å². The van der Waals surface area contributed by atoms with Gasteiger partial charge in [-0.25, -0.2) is 0 Å². The standard InChI is InChI=1S/C20H34N4O2.HI/c1-6-26-18(15(2)3)11-13-24-20(22-5)23-12-10-16-8-7-9-17(14-16)19(25)21-4;/h7-9,14-15,18H,6,10-13H2,1-5H3,(H,21,25)(H2,22,23,24);1H. The molecule has 27 heavy (non-hydrogen) atoms. The zero-order valence-corrected chi connectivity index (χ0v) is 19.5. The van der Waals surface area contributed by atoms with Crippen molar-refractivity contribution in [3.8, 4) is 0 Å². The van der Waals surface area contributed by atoms with Crippen molar-refractivity contribution in [3.63, 3.8) is 0 Å². The fourth-order valence-corrected chi connectivity index (χ4v) is 2.71. The molecule has 0 aliphatic rings. The number of amides is 1. The summed E-state index contributed by atoms with van der Waals surface area (Å²) in [6.07, 6.45) is 2.03. The van der Waals surface area contributed by atoms with E-state index in [-0.39, 0.29) is 36.0 Å². The van der Waals surface area contributed by atoms with Crippen LogP contribution in [0.2, 0.25) is 0 Å². The molecular formula is C20H35IN4O2. The van der Waals surface area contributed by atoms with Gasteiger partial charge in [0.15, 0.2) is 5.96 Å². The van der Waals surface area contributed by atoms with Gasteiger partial charge in [0.2, 0.25) is 0 Å². The van der Waals surface area contributed by atoms with E-state index in [2.05, 4.69) is 34.8 Å². The van der Waals surface area contributed by atoms with Gasteiger partial charge in [-0.1, -0.05) is 26.0 Å². The third-order valence-electron chi connectivity index (χ3n) is 4.19. The highest BCUT2D eigenvalue weighted by atomic mass is 127. The van der Waals surface area contributed by atoms with Crippen LogP contribution in [0.15, 0.2) is 29.3 Å². The predicted molar refractivity (Wildman–Crippen MR) is 123 cm³/mol. The minimum atomic E-state index is -0.0636. The molecule has 0 aliphatic heterocycles. The SMILES string of the molecule is CCOC(CCNC(=NC)NCCc1cccc(C(=O)NC)c1)C(C)C.I. The van der Waals surface area contributed by atoms with Crippen LogP contribution in [0.5, 0.6) is 0 Å². The summed E-state index contributed by atoms with van der Waals surface area (Å²) in [5.41, 5.74) is 1.80. The number of carbonyl (C=O) groups is 1. The molecule has 1 aromatic rings. The third kappa shape index (κ3) is 9.95. The van der Waals surface area contributed by atoms with Crippen molar-refractivity contribution < 1.29 is 9.53 Å². The number of hydrogen-bond acceptors (Lipinski definition) is 3. The van der Waals surface area contributed by atoms with E-state index in [1.165, 1.54) is 0 Å². The van der Waals surface area contributed by atoms with E-state index in [0.717, 1.165) is 44.1 Å². The number of guanidine groups is 1.